The number of carbonyl (C=O) groups is 1. The minimum absolute atomic E-state index is 0.0471. The van der Waals surface area contributed by atoms with E-state index in [0.717, 1.165) is 26.1 Å². The number of anilines is 1. The lowest BCUT2D eigenvalue weighted by Crippen LogP contribution is -2.36. The van der Waals surface area contributed by atoms with Gasteiger partial charge in [0.2, 0.25) is 0 Å². The Morgan fingerprint density at radius 3 is 3.11 bits per heavy atom. The zero-order valence-corrected chi connectivity index (χ0v) is 11.1. The van der Waals surface area contributed by atoms with Gasteiger partial charge in [-0.25, -0.2) is 0 Å². The predicted octanol–water partition coefficient (Wildman–Crippen LogP) is 1.34. The van der Waals surface area contributed by atoms with Crippen molar-refractivity contribution in [3.8, 4) is 0 Å². The summed E-state index contributed by atoms with van der Waals surface area (Å²) in [6.07, 6.45) is 2.79. The molecule has 2 N–H and O–H groups in total. The largest absolute Gasteiger partial charge is 0.397 e. The van der Waals surface area contributed by atoms with E-state index in [-0.39, 0.29) is 12.0 Å². The van der Waals surface area contributed by atoms with E-state index in [2.05, 4.69) is 0 Å². The second-order valence-electron chi connectivity index (χ2n) is 4.73. The fraction of sp³-hybridized carbons (Fsp3) is 0.615. The summed E-state index contributed by atoms with van der Waals surface area (Å²) in [4.78, 5) is 14.3. The molecule has 1 aromatic rings. The number of carbonyl (C=O) groups excluding carboxylic acids is 1. The van der Waals surface area contributed by atoms with Crippen LogP contribution in [0.1, 0.15) is 30.8 Å². The van der Waals surface area contributed by atoms with Crippen LogP contribution in [0.15, 0.2) is 12.3 Å². The van der Waals surface area contributed by atoms with Crippen LogP contribution in [0.4, 0.5) is 5.69 Å². The number of rotatable bonds is 2. The Hall–Kier alpha value is -1.49. The standard InChI is InChI=1S/C13H21N3O2/c1-3-15-9-11(14)7-12(15)13(17)16-5-4-6-18-10(2)8-16/h7,9-10H,3-6,8,14H2,1-2H3. The van der Waals surface area contributed by atoms with Crippen LogP contribution in [0.5, 0.6) is 0 Å². The fourth-order valence-electron chi connectivity index (χ4n) is 2.31. The lowest BCUT2D eigenvalue weighted by Gasteiger charge is -2.22. The van der Waals surface area contributed by atoms with Crippen LogP contribution in [0.2, 0.25) is 0 Å². The first-order valence-electron chi connectivity index (χ1n) is 6.48. The highest BCUT2D eigenvalue weighted by Gasteiger charge is 2.23. The molecular formula is C13H21N3O2. The molecule has 2 heterocycles. The van der Waals surface area contributed by atoms with Gasteiger partial charge in [0.25, 0.3) is 5.91 Å². The van der Waals surface area contributed by atoms with E-state index < -0.39 is 0 Å². The number of amides is 1. The van der Waals surface area contributed by atoms with Crippen molar-refractivity contribution in [1.82, 2.24) is 9.47 Å². The van der Waals surface area contributed by atoms with Gasteiger partial charge in [-0.1, -0.05) is 0 Å². The van der Waals surface area contributed by atoms with Gasteiger partial charge in [-0.15, -0.1) is 0 Å². The smallest absolute Gasteiger partial charge is 0.270 e. The monoisotopic (exact) mass is 251 g/mol. The molecule has 1 fully saturated rings. The van der Waals surface area contributed by atoms with Crippen molar-refractivity contribution >= 4 is 11.6 Å². The molecule has 1 saturated heterocycles. The lowest BCUT2D eigenvalue weighted by atomic mass is 10.3. The van der Waals surface area contributed by atoms with Crippen molar-refractivity contribution < 1.29 is 9.53 Å². The van der Waals surface area contributed by atoms with Gasteiger partial charge < -0.3 is 19.9 Å². The van der Waals surface area contributed by atoms with Crippen molar-refractivity contribution in [3.63, 3.8) is 0 Å². The first-order valence-corrected chi connectivity index (χ1v) is 6.48. The molecule has 1 aliphatic rings. The predicted molar refractivity (Wildman–Crippen MR) is 70.5 cm³/mol. The van der Waals surface area contributed by atoms with E-state index in [1.54, 1.807) is 6.07 Å². The highest BCUT2D eigenvalue weighted by atomic mass is 16.5. The minimum Gasteiger partial charge on any atom is -0.397 e. The Bertz CT molecular complexity index is 428. The maximum absolute atomic E-state index is 12.5. The Balaban J connectivity index is 2.18. The van der Waals surface area contributed by atoms with Gasteiger partial charge in [0.1, 0.15) is 5.69 Å². The summed E-state index contributed by atoms with van der Waals surface area (Å²) in [6.45, 7) is 6.87. The zero-order valence-electron chi connectivity index (χ0n) is 11.1. The van der Waals surface area contributed by atoms with Gasteiger partial charge in [-0.2, -0.15) is 0 Å². The molecule has 0 bridgehead atoms. The summed E-state index contributed by atoms with van der Waals surface area (Å²) < 4.78 is 7.45. The third-order valence-electron chi connectivity index (χ3n) is 3.22. The maximum atomic E-state index is 12.5. The molecule has 0 aliphatic carbocycles. The molecule has 0 saturated carbocycles. The van der Waals surface area contributed by atoms with Crippen molar-refractivity contribution in [2.45, 2.75) is 32.9 Å². The number of nitrogen functional groups attached to an aromatic ring is 1. The number of aryl methyl sites for hydroxylation is 1. The summed E-state index contributed by atoms with van der Waals surface area (Å²) in [7, 11) is 0. The SMILES string of the molecule is CCn1cc(N)cc1C(=O)N1CCCOC(C)C1. The summed E-state index contributed by atoms with van der Waals surface area (Å²) in [5.41, 5.74) is 7.07. The molecule has 0 aromatic carbocycles. The van der Waals surface area contributed by atoms with Gasteiger partial charge >= 0.3 is 0 Å². The second kappa shape index (κ2) is 5.44. The quantitative estimate of drug-likeness (QED) is 0.863. The molecule has 1 aliphatic heterocycles. The highest BCUT2D eigenvalue weighted by molar-refractivity contribution is 5.93. The van der Waals surface area contributed by atoms with Crippen LogP contribution in [-0.2, 0) is 11.3 Å². The molecule has 5 heteroatoms. The summed E-state index contributed by atoms with van der Waals surface area (Å²) in [5.74, 6) is 0.0471. The number of nitrogens with two attached hydrogens (primary N) is 1. The molecule has 1 unspecified atom stereocenters. The van der Waals surface area contributed by atoms with Crippen LogP contribution in [0, 0.1) is 0 Å². The summed E-state index contributed by atoms with van der Waals surface area (Å²) >= 11 is 0. The molecule has 18 heavy (non-hydrogen) atoms. The topological polar surface area (TPSA) is 60.5 Å². The van der Waals surface area contributed by atoms with Crippen molar-refractivity contribution in [2.24, 2.45) is 0 Å². The number of ether oxygens (including phenoxy) is 1. The average Bonchev–Trinajstić information content (AvgIpc) is 2.59. The lowest BCUT2D eigenvalue weighted by molar-refractivity contribution is 0.0556. The fourth-order valence-corrected chi connectivity index (χ4v) is 2.31. The van der Waals surface area contributed by atoms with E-state index in [1.165, 1.54) is 0 Å². The average molecular weight is 251 g/mol. The van der Waals surface area contributed by atoms with Crippen molar-refractivity contribution in [1.29, 1.82) is 0 Å². The Labute approximate surface area is 108 Å². The molecule has 1 atom stereocenters. The van der Waals surface area contributed by atoms with Gasteiger partial charge in [0.15, 0.2) is 0 Å². The highest BCUT2D eigenvalue weighted by Crippen LogP contribution is 2.15. The van der Waals surface area contributed by atoms with Gasteiger partial charge in [-0.3, -0.25) is 4.79 Å². The number of nitrogens with zero attached hydrogens (tertiary/aromatic N) is 2. The molecule has 1 aromatic heterocycles. The first-order chi connectivity index (χ1) is 8.61. The van der Waals surface area contributed by atoms with Crippen LogP contribution in [0.25, 0.3) is 0 Å². The molecule has 2 rings (SSSR count). The maximum Gasteiger partial charge on any atom is 0.270 e. The van der Waals surface area contributed by atoms with Crippen LogP contribution >= 0.6 is 0 Å². The summed E-state index contributed by atoms with van der Waals surface area (Å²) in [5, 5.41) is 0. The van der Waals surface area contributed by atoms with E-state index in [4.69, 9.17) is 10.5 Å². The van der Waals surface area contributed by atoms with E-state index in [0.29, 0.717) is 17.9 Å². The third-order valence-corrected chi connectivity index (χ3v) is 3.22. The second-order valence-corrected chi connectivity index (χ2v) is 4.73. The van der Waals surface area contributed by atoms with Crippen molar-refractivity contribution in [3.05, 3.63) is 18.0 Å². The van der Waals surface area contributed by atoms with E-state index in [1.807, 2.05) is 29.5 Å². The van der Waals surface area contributed by atoms with Crippen molar-refractivity contribution in [2.75, 3.05) is 25.4 Å². The Kier molecular flexibility index (Phi) is 3.91. The minimum atomic E-state index is 0.0471. The van der Waals surface area contributed by atoms with E-state index >= 15 is 0 Å². The number of aromatic nitrogens is 1. The normalized spacial score (nSPS) is 20.8. The molecule has 5 nitrogen and oxygen atoms in total. The molecular weight excluding hydrogens is 230 g/mol. The molecule has 0 spiro atoms. The molecule has 1 amide bonds. The van der Waals surface area contributed by atoms with Crippen LogP contribution < -0.4 is 5.73 Å². The van der Waals surface area contributed by atoms with E-state index in [9.17, 15) is 4.79 Å². The number of hydrogen-bond donors (Lipinski definition) is 1. The Morgan fingerprint density at radius 1 is 1.61 bits per heavy atom. The Morgan fingerprint density at radius 2 is 2.39 bits per heavy atom. The molecule has 100 valence electrons. The van der Waals surface area contributed by atoms with Gasteiger partial charge in [-0.05, 0) is 26.3 Å². The third kappa shape index (κ3) is 2.67. The van der Waals surface area contributed by atoms with Gasteiger partial charge in [0, 0.05) is 32.4 Å². The van der Waals surface area contributed by atoms with Gasteiger partial charge in [0.05, 0.1) is 11.8 Å². The zero-order chi connectivity index (χ0) is 13.1. The first kappa shape index (κ1) is 13.0. The molecule has 0 radical (unpaired) electrons. The van der Waals surface area contributed by atoms with Crippen LogP contribution in [-0.4, -0.2) is 41.2 Å². The summed E-state index contributed by atoms with van der Waals surface area (Å²) in [6, 6.07) is 1.75. The number of hydrogen-bond acceptors (Lipinski definition) is 3. The van der Waals surface area contributed by atoms with Crippen LogP contribution in [0.3, 0.4) is 0 Å².